The summed E-state index contributed by atoms with van der Waals surface area (Å²) in [7, 11) is 1.47. The van der Waals surface area contributed by atoms with Gasteiger partial charge in [-0.15, -0.1) is 0 Å². The van der Waals surface area contributed by atoms with Crippen molar-refractivity contribution in [3.05, 3.63) is 22.7 Å². The van der Waals surface area contributed by atoms with E-state index in [9.17, 15) is 9.59 Å². The molecule has 0 spiro atoms. The summed E-state index contributed by atoms with van der Waals surface area (Å²) in [6, 6.07) is 3.02. The minimum Gasteiger partial charge on any atom is -0.496 e. The Morgan fingerprint density at radius 3 is 2.93 bits per heavy atom. The number of esters is 1. The molecule has 9 heteroatoms. The fraction of sp³-hybridized carbons (Fsp3) is 0.579. The Morgan fingerprint density at radius 1 is 1.43 bits per heavy atom. The Morgan fingerprint density at radius 2 is 2.21 bits per heavy atom. The molecular weight excluding hydrogens is 386 g/mol. The average Bonchev–Trinajstić information content (AvgIpc) is 2.68. The molecule has 0 aliphatic carbocycles. The van der Waals surface area contributed by atoms with Gasteiger partial charge in [0.15, 0.2) is 0 Å². The lowest BCUT2D eigenvalue weighted by molar-refractivity contribution is -0.143. The van der Waals surface area contributed by atoms with Crippen LogP contribution in [0.15, 0.2) is 12.1 Å². The maximum Gasteiger partial charge on any atom is 0.305 e. The van der Waals surface area contributed by atoms with Gasteiger partial charge in [-0.3, -0.25) is 14.5 Å². The van der Waals surface area contributed by atoms with E-state index >= 15 is 0 Å². The van der Waals surface area contributed by atoms with Gasteiger partial charge in [0.1, 0.15) is 5.75 Å². The molecule has 1 saturated heterocycles. The molecule has 2 rings (SSSR count). The lowest BCUT2D eigenvalue weighted by Crippen LogP contribution is -2.47. The summed E-state index contributed by atoms with van der Waals surface area (Å²) < 4.78 is 15.9. The smallest absolute Gasteiger partial charge is 0.305 e. The summed E-state index contributed by atoms with van der Waals surface area (Å²) in [4.78, 5) is 26.2. The number of halogens is 1. The van der Waals surface area contributed by atoms with E-state index in [2.05, 4.69) is 10.2 Å². The van der Waals surface area contributed by atoms with Crippen molar-refractivity contribution in [2.45, 2.75) is 25.9 Å². The predicted molar refractivity (Wildman–Crippen MR) is 107 cm³/mol. The number of anilines is 1. The molecule has 28 heavy (non-hydrogen) atoms. The van der Waals surface area contributed by atoms with Crippen LogP contribution in [0.5, 0.6) is 5.75 Å². The highest BCUT2D eigenvalue weighted by atomic mass is 35.5. The molecule has 1 heterocycles. The molecule has 1 aromatic rings. The highest BCUT2D eigenvalue weighted by Crippen LogP contribution is 2.28. The third-order valence-electron chi connectivity index (χ3n) is 4.44. The monoisotopic (exact) mass is 413 g/mol. The fourth-order valence-corrected chi connectivity index (χ4v) is 3.17. The third-order valence-corrected chi connectivity index (χ3v) is 4.76. The van der Waals surface area contributed by atoms with Crippen LogP contribution in [0.1, 0.15) is 30.1 Å². The van der Waals surface area contributed by atoms with Crippen molar-refractivity contribution in [2.75, 3.05) is 52.2 Å². The first-order valence-electron chi connectivity index (χ1n) is 9.35. The first kappa shape index (κ1) is 22.3. The lowest BCUT2D eigenvalue weighted by Gasteiger charge is -2.33. The van der Waals surface area contributed by atoms with Gasteiger partial charge in [0.25, 0.3) is 5.91 Å². The molecule has 1 unspecified atom stereocenters. The van der Waals surface area contributed by atoms with Crippen molar-refractivity contribution in [2.24, 2.45) is 0 Å². The highest BCUT2D eigenvalue weighted by molar-refractivity contribution is 6.33. The second kappa shape index (κ2) is 11.1. The lowest BCUT2D eigenvalue weighted by atomic mass is 10.1. The number of ether oxygens (including phenoxy) is 3. The fourth-order valence-electron chi connectivity index (χ4n) is 3.00. The zero-order valence-electron chi connectivity index (χ0n) is 16.3. The van der Waals surface area contributed by atoms with E-state index < -0.39 is 0 Å². The first-order chi connectivity index (χ1) is 13.4. The summed E-state index contributed by atoms with van der Waals surface area (Å²) in [5.74, 6) is -0.109. The highest BCUT2D eigenvalue weighted by Gasteiger charge is 2.22. The SMILES string of the molecule is CCOC(=O)CCCN1CCOC(CNC(=O)c2cc(Cl)c(N)cc2OC)C1. The number of methoxy groups -OCH3 is 1. The maximum atomic E-state index is 12.5. The largest absolute Gasteiger partial charge is 0.496 e. The summed E-state index contributed by atoms with van der Waals surface area (Å²) in [5.41, 5.74) is 6.42. The number of nitrogens with one attached hydrogen (secondary N) is 1. The minimum absolute atomic E-state index is 0.129. The van der Waals surface area contributed by atoms with E-state index in [0.717, 1.165) is 19.5 Å². The van der Waals surface area contributed by atoms with Gasteiger partial charge in [0, 0.05) is 32.1 Å². The van der Waals surface area contributed by atoms with Crippen LogP contribution in [-0.4, -0.2) is 69.4 Å². The number of rotatable bonds is 9. The minimum atomic E-state index is -0.304. The second-order valence-corrected chi connectivity index (χ2v) is 6.89. The standard InChI is InChI=1S/C19H28ClN3O5/c1-3-27-18(24)5-4-6-23-7-8-28-13(12-23)11-22-19(25)14-9-15(20)16(21)10-17(14)26-2/h9-10,13H,3-8,11-12,21H2,1-2H3,(H,22,25). The topological polar surface area (TPSA) is 103 Å². The number of benzene rings is 1. The van der Waals surface area contributed by atoms with Crippen molar-refractivity contribution in [1.29, 1.82) is 0 Å². The van der Waals surface area contributed by atoms with Gasteiger partial charge in [-0.1, -0.05) is 11.6 Å². The van der Waals surface area contributed by atoms with Crippen molar-refractivity contribution >= 4 is 29.2 Å². The molecule has 0 radical (unpaired) electrons. The Bertz CT molecular complexity index is 686. The molecule has 1 atom stereocenters. The Kier molecular flexibility index (Phi) is 8.82. The van der Waals surface area contributed by atoms with Gasteiger partial charge in [0.2, 0.25) is 0 Å². The Balaban J connectivity index is 1.81. The van der Waals surface area contributed by atoms with Gasteiger partial charge < -0.3 is 25.3 Å². The van der Waals surface area contributed by atoms with Crippen LogP contribution in [-0.2, 0) is 14.3 Å². The Labute approximate surface area is 170 Å². The zero-order valence-corrected chi connectivity index (χ0v) is 17.1. The van der Waals surface area contributed by atoms with E-state index in [1.807, 2.05) is 0 Å². The molecule has 0 aromatic heterocycles. The number of amides is 1. The molecule has 0 bridgehead atoms. The van der Waals surface area contributed by atoms with Crippen LogP contribution in [0.3, 0.4) is 0 Å². The number of morpholine rings is 1. The van der Waals surface area contributed by atoms with E-state index in [1.54, 1.807) is 6.92 Å². The summed E-state index contributed by atoms with van der Waals surface area (Å²) in [6.07, 6.45) is 1.01. The molecule has 1 fully saturated rings. The summed E-state index contributed by atoms with van der Waals surface area (Å²) in [6.45, 7) is 5.41. The maximum absolute atomic E-state index is 12.5. The molecule has 1 aromatic carbocycles. The number of nitrogens with two attached hydrogens (primary N) is 1. The van der Waals surface area contributed by atoms with Crippen molar-refractivity contribution in [1.82, 2.24) is 10.2 Å². The second-order valence-electron chi connectivity index (χ2n) is 6.49. The van der Waals surface area contributed by atoms with E-state index in [-0.39, 0.29) is 18.0 Å². The summed E-state index contributed by atoms with van der Waals surface area (Å²) >= 11 is 6.02. The molecule has 1 aliphatic rings. The van der Waals surface area contributed by atoms with Gasteiger partial charge in [0.05, 0.1) is 42.7 Å². The van der Waals surface area contributed by atoms with Crippen LogP contribution in [0, 0.1) is 0 Å². The van der Waals surface area contributed by atoms with Gasteiger partial charge in [-0.2, -0.15) is 0 Å². The molecule has 8 nitrogen and oxygen atoms in total. The molecule has 156 valence electrons. The number of hydrogen-bond donors (Lipinski definition) is 2. The van der Waals surface area contributed by atoms with Crippen molar-refractivity contribution in [3.63, 3.8) is 0 Å². The van der Waals surface area contributed by atoms with Crippen LogP contribution in [0.2, 0.25) is 5.02 Å². The predicted octanol–water partition coefficient (Wildman–Crippen LogP) is 1.70. The first-order valence-corrected chi connectivity index (χ1v) is 9.73. The van der Waals surface area contributed by atoms with Gasteiger partial charge in [-0.25, -0.2) is 0 Å². The van der Waals surface area contributed by atoms with Crippen LogP contribution in [0.4, 0.5) is 5.69 Å². The average molecular weight is 414 g/mol. The van der Waals surface area contributed by atoms with E-state index in [4.69, 9.17) is 31.5 Å². The number of carbonyl (C=O) groups excluding carboxylic acids is 2. The molecule has 1 amide bonds. The van der Waals surface area contributed by atoms with E-state index in [0.29, 0.717) is 54.7 Å². The van der Waals surface area contributed by atoms with Gasteiger partial charge >= 0.3 is 5.97 Å². The van der Waals surface area contributed by atoms with E-state index in [1.165, 1.54) is 19.2 Å². The van der Waals surface area contributed by atoms with Gasteiger partial charge in [-0.05, 0) is 26.0 Å². The summed E-state index contributed by atoms with van der Waals surface area (Å²) in [5, 5.41) is 3.16. The Hall–Kier alpha value is -2.03. The van der Waals surface area contributed by atoms with Crippen LogP contribution < -0.4 is 15.8 Å². The molecule has 3 N–H and O–H groups in total. The number of nitrogen functional groups attached to an aromatic ring is 1. The number of hydrogen-bond acceptors (Lipinski definition) is 7. The quantitative estimate of drug-likeness (QED) is 0.469. The van der Waals surface area contributed by atoms with Crippen molar-refractivity contribution in [3.8, 4) is 5.75 Å². The van der Waals surface area contributed by atoms with Crippen LogP contribution in [0.25, 0.3) is 0 Å². The normalized spacial score (nSPS) is 17.2. The zero-order chi connectivity index (χ0) is 20.5. The molecule has 0 saturated carbocycles. The number of nitrogens with zero attached hydrogens (tertiary/aromatic N) is 1. The van der Waals surface area contributed by atoms with Crippen LogP contribution >= 0.6 is 11.6 Å². The van der Waals surface area contributed by atoms with Crippen molar-refractivity contribution < 1.29 is 23.8 Å². The molecular formula is C19H28ClN3O5. The molecule has 1 aliphatic heterocycles. The third kappa shape index (κ3) is 6.54. The number of carbonyl (C=O) groups is 2.